The Bertz CT molecular complexity index is 985. The summed E-state index contributed by atoms with van der Waals surface area (Å²) >= 11 is 0. The number of hydrogen-bond donors (Lipinski definition) is 1. The van der Waals surface area contributed by atoms with Crippen molar-refractivity contribution in [2.45, 2.75) is 19.0 Å². The Kier molecular flexibility index (Phi) is 4.61. The van der Waals surface area contributed by atoms with Gasteiger partial charge in [0.15, 0.2) is 0 Å². The highest BCUT2D eigenvalue weighted by molar-refractivity contribution is 5.81. The molecule has 1 saturated heterocycles. The van der Waals surface area contributed by atoms with Gasteiger partial charge in [0.1, 0.15) is 5.82 Å². The van der Waals surface area contributed by atoms with Crippen molar-refractivity contribution in [2.24, 2.45) is 13.0 Å². The Labute approximate surface area is 157 Å². The zero-order valence-corrected chi connectivity index (χ0v) is 15.4. The van der Waals surface area contributed by atoms with Gasteiger partial charge in [0.05, 0.1) is 17.8 Å². The van der Waals surface area contributed by atoms with Crippen molar-refractivity contribution in [3.63, 3.8) is 0 Å². The minimum atomic E-state index is -0.267. The van der Waals surface area contributed by atoms with E-state index in [2.05, 4.69) is 15.4 Å². The summed E-state index contributed by atoms with van der Waals surface area (Å²) in [7, 11) is 3.71. The van der Waals surface area contributed by atoms with Gasteiger partial charge in [-0.05, 0) is 23.8 Å². The van der Waals surface area contributed by atoms with Crippen molar-refractivity contribution in [1.29, 1.82) is 0 Å². The van der Waals surface area contributed by atoms with Gasteiger partial charge in [-0.2, -0.15) is 5.10 Å². The zero-order chi connectivity index (χ0) is 19.0. The highest BCUT2D eigenvalue weighted by Crippen LogP contribution is 2.36. The van der Waals surface area contributed by atoms with Crippen molar-refractivity contribution < 1.29 is 9.18 Å². The average Bonchev–Trinajstić information content (AvgIpc) is 3.18. The molecule has 3 aromatic rings. The highest BCUT2D eigenvalue weighted by atomic mass is 19.1. The monoisotopic (exact) mass is 367 g/mol. The number of carbonyl (C=O) groups is 1. The van der Waals surface area contributed by atoms with Crippen molar-refractivity contribution in [2.75, 3.05) is 13.6 Å². The van der Waals surface area contributed by atoms with Crippen molar-refractivity contribution in [3.8, 4) is 0 Å². The van der Waals surface area contributed by atoms with Crippen LogP contribution in [-0.2, 0) is 18.4 Å². The van der Waals surface area contributed by atoms with Gasteiger partial charge in [-0.15, -0.1) is 0 Å². The number of amides is 1. The second-order valence-corrected chi connectivity index (χ2v) is 7.13. The van der Waals surface area contributed by atoms with Crippen LogP contribution in [0.4, 0.5) is 4.39 Å². The second kappa shape index (κ2) is 7.08. The van der Waals surface area contributed by atoms with Crippen LogP contribution in [0, 0.1) is 11.7 Å². The van der Waals surface area contributed by atoms with Gasteiger partial charge in [0, 0.05) is 62.9 Å². The lowest BCUT2D eigenvalue weighted by atomic mass is 9.95. The van der Waals surface area contributed by atoms with Crippen molar-refractivity contribution in [1.82, 2.24) is 25.0 Å². The van der Waals surface area contributed by atoms with Crippen LogP contribution >= 0.6 is 0 Å². The van der Waals surface area contributed by atoms with E-state index in [0.29, 0.717) is 19.5 Å². The highest BCUT2D eigenvalue weighted by Gasteiger charge is 2.38. The SMILES string of the molecule is CN1C(=O)C[C@@H](CNCc2cc(F)cc3cccnc23)[C@@H]1c1cnn(C)c1. The zero-order valence-electron chi connectivity index (χ0n) is 15.4. The molecule has 140 valence electrons. The molecule has 1 aliphatic rings. The van der Waals surface area contributed by atoms with Gasteiger partial charge in [-0.1, -0.05) is 6.07 Å². The summed E-state index contributed by atoms with van der Waals surface area (Å²) in [5.41, 5.74) is 2.66. The molecule has 1 N–H and O–H groups in total. The summed E-state index contributed by atoms with van der Waals surface area (Å²) in [6.45, 7) is 1.15. The Morgan fingerprint density at radius 2 is 2.19 bits per heavy atom. The maximum Gasteiger partial charge on any atom is 0.223 e. The van der Waals surface area contributed by atoms with Crippen LogP contribution in [-0.4, -0.2) is 39.2 Å². The van der Waals surface area contributed by atoms with Crippen LogP contribution in [0.25, 0.3) is 10.9 Å². The predicted octanol–water partition coefficient (Wildman–Crippen LogP) is 2.42. The topological polar surface area (TPSA) is 63.1 Å². The van der Waals surface area contributed by atoms with Crippen molar-refractivity contribution in [3.05, 3.63) is 59.8 Å². The number of halogens is 1. The number of aromatic nitrogens is 3. The summed E-state index contributed by atoms with van der Waals surface area (Å²) < 4.78 is 15.6. The van der Waals surface area contributed by atoms with Gasteiger partial charge in [0.25, 0.3) is 0 Å². The molecule has 6 nitrogen and oxygen atoms in total. The van der Waals surface area contributed by atoms with E-state index >= 15 is 0 Å². The summed E-state index contributed by atoms with van der Waals surface area (Å²) in [5, 5.41) is 8.42. The number of carbonyl (C=O) groups excluding carboxylic acids is 1. The number of rotatable bonds is 5. The number of fused-ring (bicyclic) bond motifs is 1. The van der Waals surface area contributed by atoms with E-state index in [-0.39, 0.29) is 23.7 Å². The average molecular weight is 367 g/mol. The summed E-state index contributed by atoms with van der Waals surface area (Å²) in [5.74, 6) is 0.00400. The van der Waals surface area contributed by atoms with Gasteiger partial charge in [0.2, 0.25) is 5.91 Å². The molecule has 2 aromatic heterocycles. The molecule has 0 unspecified atom stereocenters. The normalized spacial score (nSPS) is 20.0. The fourth-order valence-electron chi connectivity index (χ4n) is 3.98. The van der Waals surface area contributed by atoms with Crippen molar-refractivity contribution >= 4 is 16.8 Å². The first-order valence-electron chi connectivity index (χ1n) is 9.01. The summed E-state index contributed by atoms with van der Waals surface area (Å²) in [6.07, 6.45) is 5.98. The maximum atomic E-state index is 13.9. The third-order valence-corrected chi connectivity index (χ3v) is 5.23. The third-order valence-electron chi connectivity index (χ3n) is 5.23. The first-order valence-corrected chi connectivity index (χ1v) is 9.01. The summed E-state index contributed by atoms with van der Waals surface area (Å²) in [6, 6.07) is 6.68. The number of aryl methyl sites for hydroxylation is 1. The molecule has 27 heavy (non-hydrogen) atoms. The second-order valence-electron chi connectivity index (χ2n) is 7.13. The number of hydrogen-bond acceptors (Lipinski definition) is 4. The van der Waals surface area contributed by atoms with Crippen LogP contribution in [0.5, 0.6) is 0 Å². The minimum absolute atomic E-state index is 0.000999. The van der Waals surface area contributed by atoms with E-state index in [1.807, 2.05) is 32.6 Å². The molecule has 0 spiro atoms. The van der Waals surface area contributed by atoms with E-state index in [0.717, 1.165) is 22.0 Å². The van der Waals surface area contributed by atoms with E-state index in [1.165, 1.54) is 12.1 Å². The third kappa shape index (κ3) is 3.42. The van der Waals surface area contributed by atoms with Crippen LogP contribution in [0.3, 0.4) is 0 Å². The molecule has 2 atom stereocenters. The maximum absolute atomic E-state index is 13.9. The Morgan fingerprint density at radius 3 is 2.96 bits per heavy atom. The quantitative estimate of drug-likeness (QED) is 0.752. The molecule has 7 heteroatoms. The smallest absolute Gasteiger partial charge is 0.223 e. The van der Waals surface area contributed by atoms with Gasteiger partial charge >= 0.3 is 0 Å². The molecule has 0 saturated carbocycles. The van der Waals surface area contributed by atoms with E-state index in [1.54, 1.807) is 21.8 Å². The molecular formula is C20H22FN5O. The number of benzene rings is 1. The number of nitrogens with one attached hydrogen (secondary N) is 1. The Hall–Kier alpha value is -2.80. The first kappa shape index (κ1) is 17.6. The summed E-state index contributed by atoms with van der Waals surface area (Å²) in [4.78, 5) is 18.4. The fraction of sp³-hybridized carbons (Fsp3) is 0.350. The molecular weight excluding hydrogens is 345 g/mol. The number of likely N-dealkylation sites (tertiary alicyclic amines) is 1. The largest absolute Gasteiger partial charge is 0.338 e. The van der Waals surface area contributed by atoms with E-state index in [4.69, 9.17) is 0 Å². The van der Waals surface area contributed by atoms with E-state index < -0.39 is 0 Å². The van der Waals surface area contributed by atoms with Gasteiger partial charge < -0.3 is 10.2 Å². The molecule has 3 heterocycles. The number of pyridine rings is 1. The van der Waals surface area contributed by atoms with Crippen LogP contribution in [0.15, 0.2) is 42.9 Å². The van der Waals surface area contributed by atoms with Crippen LogP contribution < -0.4 is 5.32 Å². The lowest BCUT2D eigenvalue weighted by Gasteiger charge is -2.24. The molecule has 1 aromatic carbocycles. The Morgan fingerprint density at radius 1 is 1.33 bits per heavy atom. The van der Waals surface area contributed by atoms with Gasteiger partial charge in [-0.25, -0.2) is 4.39 Å². The van der Waals surface area contributed by atoms with Gasteiger partial charge in [-0.3, -0.25) is 14.5 Å². The Balaban J connectivity index is 1.49. The van der Waals surface area contributed by atoms with Crippen LogP contribution in [0.1, 0.15) is 23.6 Å². The molecule has 1 fully saturated rings. The number of nitrogens with zero attached hydrogens (tertiary/aromatic N) is 4. The molecule has 1 aliphatic heterocycles. The molecule has 0 radical (unpaired) electrons. The fourth-order valence-corrected chi connectivity index (χ4v) is 3.98. The standard InChI is InChI=1S/C20H22FN5O/c1-25-12-16(11-24-25)20-15(8-18(27)26(20)2)10-22-9-14-7-17(21)6-13-4-3-5-23-19(13)14/h3-7,11-12,15,20,22H,8-10H2,1-2H3/t15-,20+/m0/s1. The molecule has 0 bridgehead atoms. The molecule has 4 rings (SSSR count). The molecule has 1 amide bonds. The lowest BCUT2D eigenvalue weighted by molar-refractivity contribution is -0.127. The lowest BCUT2D eigenvalue weighted by Crippen LogP contribution is -2.29. The predicted molar refractivity (Wildman–Crippen MR) is 100 cm³/mol. The van der Waals surface area contributed by atoms with Crippen LogP contribution in [0.2, 0.25) is 0 Å². The molecule has 0 aliphatic carbocycles. The first-order chi connectivity index (χ1) is 13.0. The minimum Gasteiger partial charge on any atom is -0.338 e. The van der Waals surface area contributed by atoms with E-state index in [9.17, 15) is 9.18 Å².